The lowest BCUT2D eigenvalue weighted by atomic mass is 10.1. The van der Waals surface area contributed by atoms with Crippen LogP contribution < -0.4 is 14.9 Å². The van der Waals surface area contributed by atoms with E-state index in [9.17, 15) is 23.1 Å². The summed E-state index contributed by atoms with van der Waals surface area (Å²) in [4.78, 5) is 15.5. The van der Waals surface area contributed by atoms with Gasteiger partial charge in [-0.3, -0.25) is 9.69 Å². The molecule has 9 heteroatoms. The van der Waals surface area contributed by atoms with E-state index in [1.165, 1.54) is 24.3 Å². The zero-order chi connectivity index (χ0) is 29.7. The van der Waals surface area contributed by atoms with Crippen LogP contribution in [-0.4, -0.2) is 16.6 Å². The lowest BCUT2D eigenvalue weighted by molar-refractivity contribution is -0.154. The molecule has 0 saturated heterocycles. The summed E-state index contributed by atoms with van der Waals surface area (Å²) in [7, 11) is 0. The smallest absolute Gasteiger partial charge is 0.453 e. The topological polar surface area (TPSA) is 72.1 Å². The van der Waals surface area contributed by atoms with Crippen molar-refractivity contribution in [3.8, 4) is 23.0 Å². The number of nitrogens with zero attached hydrogens (tertiary/aromatic N) is 1. The Balaban J connectivity index is 1.62. The van der Waals surface area contributed by atoms with Crippen LogP contribution in [0.1, 0.15) is 29.4 Å². The summed E-state index contributed by atoms with van der Waals surface area (Å²) in [6, 6.07) is 27.7. The van der Waals surface area contributed by atoms with Gasteiger partial charge in [-0.2, -0.15) is 13.2 Å². The molecule has 4 aromatic carbocycles. The number of aromatic hydroxyl groups is 1. The summed E-state index contributed by atoms with van der Waals surface area (Å²) >= 11 is 0. The van der Waals surface area contributed by atoms with Crippen molar-refractivity contribution in [2.45, 2.75) is 32.7 Å². The SMILES string of the molecule is CCOc1ccccc1Oc1c(C(F)(F)F)oc2c(CN(Cc3ccccc3)Cc3ccccc3)c(O)ccc2c1=O. The van der Waals surface area contributed by atoms with Crippen molar-refractivity contribution >= 4 is 11.0 Å². The molecule has 5 rings (SSSR count). The molecule has 0 spiro atoms. The molecule has 1 aromatic heterocycles. The predicted octanol–water partition coefficient (Wildman–Crippen LogP) is 7.91. The Bertz CT molecular complexity index is 1680. The number of phenolic OH excluding ortho intramolecular Hbond substituents is 1. The van der Waals surface area contributed by atoms with Crippen molar-refractivity contribution in [1.82, 2.24) is 4.90 Å². The summed E-state index contributed by atoms with van der Waals surface area (Å²) in [5, 5.41) is 10.7. The zero-order valence-electron chi connectivity index (χ0n) is 22.7. The Morgan fingerprint density at radius 2 is 1.36 bits per heavy atom. The summed E-state index contributed by atoms with van der Waals surface area (Å²) in [6.07, 6.45) is -5.07. The molecule has 0 amide bonds. The monoisotopic (exact) mass is 575 g/mol. The largest absolute Gasteiger partial charge is 0.507 e. The Labute approximate surface area is 240 Å². The Kier molecular flexibility index (Phi) is 8.49. The van der Waals surface area contributed by atoms with Crippen molar-refractivity contribution in [2.24, 2.45) is 0 Å². The number of halogens is 3. The molecule has 6 nitrogen and oxygen atoms in total. The van der Waals surface area contributed by atoms with Gasteiger partial charge in [-0.1, -0.05) is 72.8 Å². The van der Waals surface area contributed by atoms with Crippen LogP contribution in [0.25, 0.3) is 11.0 Å². The third-order valence-electron chi connectivity index (χ3n) is 6.60. The number of alkyl halides is 3. The summed E-state index contributed by atoms with van der Waals surface area (Å²) < 4.78 is 59.5. The van der Waals surface area contributed by atoms with E-state index in [1.54, 1.807) is 19.1 Å². The second-order valence-corrected chi connectivity index (χ2v) is 9.63. The Morgan fingerprint density at radius 3 is 1.93 bits per heavy atom. The van der Waals surface area contributed by atoms with Gasteiger partial charge in [-0.25, -0.2) is 0 Å². The molecule has 0 fully saturated rings. The molecule has 0 aliphatic heterocycles. The second-order valence-electron chi connectivity index (χ2n) is 9.63. The van der Waals surface area contributed by atoms with Crippen LogP contribution in [0.2, 0.25) is 0 Å². The predicted molar refractivity (Wildman–Crippen MR) is 153 cm³/mol. The summed E-state index contributed by atoms with van der Waals surface area (Å²) in [5.41, 5.74) is 0.615. The van der Waals surface area contributed by atoms with Crippen LogP contribution in [0.4, 0.5) is 13.2 Å². The maximum atomic E-state index is 14.4. The van der Waals surface area contributed by atoms with Gasteiger partial charge in [0.05, 0.1) is 17.6 Å². The van der Waals surface area contributed by atoms with E-state index in [4.69, 9.17) is 13.9 Å². The van der Waals surface area contributed by atoms with E-state index in [-0.39, 0.29) is 46.9 Å². The van der Waals surface area contributed by atoms with E-state index in [2.05, 4.69) is 0 Å². The molecule has 0 aliphatic carbocycles. The second kappa shape index (κ2) is 12.4. The molecule has 0 aliphatic rings. The van der Waals surface area contributed by atoms with Gasteiger partial charge in [0.2, 0.25) is 11.2 Å². The van der Waals surface area contributed by atoms with Gasteiger partial charge in [-0.15, -0.1) is 0 Å². The summed E-state index contributed by atoms with van der Waals surface area (Å²) in [5.74, 6) is -2.79. The van der Waals surface area contributed by atoms with Crippen molar-refractivity contribution < 1.29 is 32.2 Å². The highest BCUT2D eigenvalue weighted by molar-refractivity contribution is 5.83. The standard InChI is InChI=1S/C33H28F3NO5/c1-2-40-27-15-9-10-16-28(27)41-31-29(39)24-17-18-26(38)25(30(24)42-32(31)33(34,35)36)21-37(19-22-11-5-3-6-12-22)20-23-13-7-4-8-14-23/h3-18,38H,2,19-21H2,1H3. The maximum absolute atomic E-state index is 14.4. The number of hydrogen-bond donors (Lipinski definition) is 1. The quantitative estimate of drug-likeness (QED) is 0.182. The van der Waals surface area contributed by atoms with Gasteiger partial charge in [-0.05, 0) is 42.3 Å². The molecule has 1 heterocycles. The number of phenols is 1. The highest BCUT2D eigenvalue weighted by Gasteiger charge is 2.41. The number of hydrogen-bond acceptors (Lipinski definition) is 6. The highest BCUT2D eigenvalue weighted by atomic mass is 19.4. The number of benzene rings is 4. The number of ether oxygens (including phenoxy) is 2. The van der Waals surface area contributed by atoms with Crippen LogP contribution in [-0.2, 0) is 25.8 Å². The molecule has 0 atom stereocenters. The molecule has 5 aromatic rings. The number of fused-ring (bicyclic) bond motifs is 1. The lowest BCUT2D eigenvalue weighted by Gasteiger charge is -2.24. The zero-order valence-corrected chi connectivity index (χ0v) is 22.7. The van der Waals surface area contributed by atoms with Gasteiger partial charge in [0, 0.05) is 19.6 Å². The minimum atomic E-state index is -5.07. The van der Waals surface area contributed by atoms with E-state index in [0.29, 0.717) is 13.1 Å². The highest BCUT2D eigenvalue weighted by Crippen LogP contribution is 2.41. The van der Waals surface area contributed by atoms with Gasteiger partial charge in [0.25, 0.3) is 5.76 Å². The fourth-order valence-corrected chi connectivity index (χ4v) is 4.71. The van der Waals surface area contributed by atoms with Crippen LogP contribution in [0.15, 0.2) is 106 Å². The molecule has 0 saturated carbocycles. The van der Waals surface area contributed by atoms with Gasteiger partial charge < -0.3 is 19.0 Å². The fraction of sp³-hybridized carbons (Fsp3) is 0.182. The molecule has 0 unspecified atom stereocenters. The lowest BCUT2D eigenvalue weighted by Crippen LogP contribution is -2.23. The van der Waals surface area contributed by atoms with E-state index >= 15 is 0 Å². The first-order valence-electron chi connectivity index (χ1n) is 13.3. The first-order valence-corrected chi connectivity index (χ1v) is 13.3. The average molecular weight is 576 g/mol. The normalized spacial score (nSPS) is 11.6. The first-order chi connectivity index (χ1) is 20.2. The van der Waals surface area contributed by atoms with E-state index in [0.717, 1.165) is 11.1 Å². The van der Waals surface area contributed by atoms with Gasteiger partial charge >= 0.3 is 6.18 Å². The molecule has 42 heavy (non-hydrogen) atoms. The van der Waals surface area contributed by atoms with Gasteiger partial charge in [0.1, 0.15) is 11.3 Å². The van der Waals surface area contributed by atoms with Crippen LogP contribution >= 0.6 is 0 Å². The molecule has 0 bridgehead atoms. The maximum Gasteiger partial charge on any atom is 0.453 e. The summed E-state index contributed by atoms with van der Waals surface area (Å²) in [6.45, 7) is 2.81. The van der Waals surface area contributed by atoms with Crippen molar-refractivity contribution in [3.05, 3.63) is 130 Å². The number of para-hydroxylation sites is 2. The van der Waals surface area contributed by atoms with Crippen LogP contribution in [0.3, 0.4) is 0 Å². The third-order valence-corrected chi connectivity index (χ3v) is 6.60. The van der Waals surface area contributed by atoms with Crippen molar-refractivity contribution in [1.29, 1.82) is 0 Å². The van der Waals surface area contributed by atoms with E-state index < -0.39 is 23.1 Å². The van der Waals surface area contributed by atoms with Crippen LogP contribution in [0.5, 0.6) is 23.0 Å². The first kappa shape index (κ1) is 28.8. The third kappa shape index (κ3) is 6.42. The van der Waals surface area contributed by atoms with Crippen LogP contribution in [0, 0.1) is 0 Å². The minimum Gasteiger partial charge on any atom is -0.507 e. The molecule has 216 valence electrons. The van der Waals surface area contributed by atoms with E-state index in [1.807, 2.05) is 65.6 Å². The van der Waals surface area contributed by atoms with Crippen molar-refractivity contribution in [2.75, 3.05) is 6.61 Å². The van der Waals surface area contributed by atoms with Crippen molar-refractivity contribution in [3.63, 3.8) is 0 Å². The Hall–Kier alpha value is -4.76. The molecular weight excluding hydrogens is 547 g/mol. The average Bonchev–Trinajstić information content (AvgIpc) is 2.97. The number of rotatable bonds is 10. The van der Waals surface area contributed by atoms with Gasteiger partial charge in [0.15, 0.2) is 11.5 Å². The molecular formula is C33H28F3NO5. The minimum absolute atomic E-state index is 0.000572. The molecule has 0 radical (unpaired) electrons. The fourth-order valence-electron chi connectivity index (χ4n) is 4.71. The molecule has 1 N–H and O–H groups in total. The Morgan fingerprint density at radius 1 is 0.786 bits per heavy atom.